The monoisotopic (exact) mass is 187 g/mol. The van der Waals surface area contributed by atoms with Crippen LogP contribution < -0.4 is 0 Å². The van der Waals surface area contributed by atoms with Crippen molar-refractivity contribution in [2.45, 2.75) is 20.0 Å². The predicted octanol–water partition coefficient (Wildman–Crippen LogP) is 2.60. The molecule has 1 heterocycles. The van der Waals surface area contributed by atoms with E-state index in [1.54, 1.807) is 6.92 Å². The molecule has 0 fully saturated rings. The maximum atomic E-state index is 9.62. The Morgan fingerprint density at radius 2 is 2.00 bits per heavy atom. The van der Waals surface area contributed by atoms with Crippen molar-refractivity contribution in [1.82, 2.24) is 4.98 Å². The van der Waals surface area contributed by atoms with E-state index in [1.165, 1.54) is 0 Å². The first-order chi connectivity index (χ1) is 6.68. The van der Waals surface area contributed by atoms with Gasteiger partial charge in [0.15, 0.2) is 0 Å². The molecular formula is C12H13NO. The molecule has 0 saturated heterocycles. The predicted molar refractivity (Wildman–Crippen MR) is 57.1 cm³/mol. The number of benzene rings is 1. The summed E-state index contributed by atoms with van der Waals surface area (Å²) in [6.45, 7) is 3.72. The van der Waals surface area contributed by atoms with Crippen LogP contribution in [0.5, 0.6) is 0 Å². The summed E-state index contributed by atoms with van der Waals surface area (Å²) in [7, 11) is 0. The Bertz CT molecular complexity index is 463. The van der Waals surface area contributed by atoms with Gasteiger partial charge in [-0.3, -0.25) is 4.98 Å². The summed E-state index contributed by atoms with van der Waals surface area (Å²) in [6, 6.07) is 9.82. The molecule has 1 aromatic carbocycles. The summed E-state index contributed by atoms with van der Waals surface area (Å²) in [5, 5.41) is 10.7. The fraction of sp³-hybridized carbons (Fsp3) is 0.250. The van der Waals surface area contributed by atoms with Crippen LogP contribution in [0.1, 0.15) is 24.3 Å². The van der Waals surface area contributed by atoms with Crippen LogP contribution in [0.3, 0.4) is 0 Å². The second-order valence-electron chi connectivity index (χ2n) is 3.55. The standard InChI is InChI=1S/C12H13NO/c1-8-7-11(9(2)14)10-5-3-4-6-12(10)13-8/h3-7,9,14H,1-2H3/t9-/m1/s1. The summed E-state index contributed by atoms with van der Waals surface area (Å²) in [4.78, 5) is 4.41. The molecule has 2 nitrogen and oxygen atoms in total. The number of aliphatic hydroxyl groups is 1. The molecule has 72 valence electrons. The SMILES string of the molecule is Cc1cc([C@@H](C)O)c2ccccc2n1. The molecule has 2 heteroatoms. The van der Waals surface area contributed by atoms with Crippen LogP contribution >= 0.6 is 0 Å². The van der Waals surface area contributed by atoms with Crippen LogP contribution in [0, 0.1) is 6.92 Å². The quantitative estimate of drug-likeness (QED) is 0.744. The van der Waals surface area contributed by atoms with Gasteiger partial charge < -0.3 is 5.11 Å². The third-order valence-corrected chi connectivity index (χ3v) is 2.33. The van der Waals surface area contributed by atoms with Crippen LogP contribution in [-0.2, 0) is 0 Å². The lowest BCUT2D eigenvalue weighted by Gasteiger charge is -2.09. The molecule has 0 amide bonds. The maximum Gasteiger partial charge on any atom is 0.0769 e. The lowest BCUT2D eigenvalue weighted by Crippen LogP contribution is -1.95. The number of para-hydroxylation sites is 1. The van der Waals surface area contributed by atoms with Gasteiger partial charge in [0.2, 0.25) is 0 Å². The average Bonchev–Trinajstić information content (AvgIpc) is 2.16. The minimum Gasteiger partial charge on any atom is -0.389 e. The number of nitrogens with zero attached hydrogens (tertiary/aromatic N) is 1. The number of aliphatic hydroxyl groups excluding tert-OH is 1. The third kappa shape index (κ3) is 1.49. The van der Waals surface area contributed by atoms with E-state index in [0.717, 1.165) is 22.2 Å². The second kappa shape index (κ2) is 3.39. The van der Waals surface area contributed by atoms with E-state index < -0.39 is 6.10 Å². The largest absolute Gasteiger partial charge is 0.389 e. The number of pyridine rings is 1. The van der Waals surface area contributed by atoms with Crippen molar-refractivity contribution in [1.29, 1.82) is 0 Å². The van der Waals surface area contributed by atoms with Crippen LogP contribution in [0.4, 0.5) is 0 Å². The highest BCUT2D eigenvalue weighted by molar-refractivity contribution is 5.82. The number of rotatable bonds is 1. The van der Waals surface area contributed by atoms with Gasteiger partial charge in [0.1, 0.15) is 0 Å². The Kier molecular flexibility index (Phi) is 2.22. The summed E-state index contributed by atoms with van der Waals surface area (Å²) < 4.78 is 0. The Balaban J connectivity index is 2.80. The number of hydrogen-bond donors (Lipinski definition) is 1. The second-order valence-corrected chi connectivity index (χ2v) is 3.55. The minimum absolute atomic E-state index is 0.443. The molecule has 0 unspecified atom stereocenters. The van der Waals surface area contributed by atoms with E-state index in [2.05, 4.69) is 4.98 Å². The van der Waals surface area contributed by atoms with Crippen molar-refractivity contribution >= 4 is 10.9 Å². The summed E-state index contributed by atoms with van der Waals surface area (Å²) >= 11 is 0. The van der Waals surface area contributed by atoms with Gasteiger partial charge in [0, 0.05) is 11.1 Å². The van der Waals surface area contributed by atoms with E-state index in [4.69, 9.17) is 0 Å². The van der Waals surface area contributed by atoms with E-state index in [-0.39, 0.29) is 0 Å². The molecule has 2 aromatic rings. The minimum atomic E-state index is -0.443. The molecule has 0 saturated carbocycles. The van der Waals surface area contributed by atoms with Crippen LogP contribution in [-0.4, -0.2) is 10.1 Å². The molecule has 0 spiro atoms. The lowest BCUT2D eigenvalue weighted by molar-refractivity contribution is 0.200. The lowest BCUT2D eigenvalue weighted by atomic mass is 10.0. The average molecular weight is 187 g/mol. The zero-order chi connectivity index (χ0) is 10.1. The molecule has 0 bridgehead atoms. The molecule has 0 aliphatic carbocycles. The van der Waals surface area contributed by atoms with E-state index in [1.807, 2.05) is 37.3 Å². The highest BCUT2D eigenvalue weighted by Crippen LogP contribution is 2.23. The zero-order valence-electron chi connectivity index (χ0n) is 8.36. The first kappa shape index (κ1) is 9.16. The molecular weight excluding hydrogens is 174 g/mol. The number of fused-ring (bicyclic) bond motifs is 1. The Labute approximate surface area is 83.2 Å². The molecule has 0 aliphatic rings. The molecule has 1 N–H and O–H groups in total. The Morgan fingerprint density at radius 1 is 1.29 bits per heavy atom. The van der Waals surface area contributed by atoms with Crippen molar-refractivity contribution in [3.05, 3.63) is 41.6 Å². The number of hydrogen-bond acceptors (Lipinski definition) is 2. The van der Waals surface area contributed by atoms with Gasteiger partial charge in [-0.2, -0.15) is 0 Å². The van der Waals surface area contributed by atoms with Crippen molar-refractivity contribution in [3.63, 3.8) is 0 Å². The van der Waals surface area contributed by atoms with Gasteiger partial charge in [0.05, 0.1) is 11.6 Å². The van der Waals surface area contributed by atoms with Crippen LogP contribution in [0.2, 0.25) is 0 Å². The third-order valence-electron chi connectivity index (χ3n) is 2.33. The van der Waals surface area contributed by atoms with Gasteiger partial charge >= 0.3 is 0 Å². The fourth-order valence-electron chi connectivity index (χ4n) is 1.69. The van der Waals surface area contributed by atoms with Gasteiger partial charge in [-0.15, -0.1) is 0 Å². The first-order valence-electron chi connectivity index (χ1n) is 4.73. The van der Waals surface area contributed by atoms with E-state index in [0.29, 0.717) is 0 Å². The molecule has 2 rings (SSSR count). The summed E-state index contributed by atoms with van der Waals surface area (Å²) in [5.41, 5.74) is 2.84. The molecule has 14 heavy (non-hydrogen) atoms. The highest BCUT2D eigenvalue weighted by Gasteiger charge is 2.07. The van der Waals surface area contributed by atoms with Gasteiger partial charge in [-0.05, 0) is 31.5 Å². The first-order valence-corrected chi connectivity index (χ1v) is 4.73. The fourth-order valence-corrected chi connectivity index (χ4v) is 1.69. The van der Waals surface area contributed by atoms with Crippen molar-refractivity contribution < 1.29 is 5.11 Å². The zero-order valence-corrected chi connectivity index (χ0v) is 8.36. The molecule has 1 atom stereocenters. The summed E-state index contributed by atoms with van der Waals surface area (Å²) in [6.07, 6.45) is -0.443. The van der Waals surface area contributed by atoms with Crippen molar-refractivity contribution in [2.75, 3.05) is 0 Å². The van der Waals surface area contributed by atoms with E-state index >= 15 is 0 Å². The smallest absolute Gasteiger partial charge is 0.0769 e. The van der Waals surface area contributed by atoms with Gasteiger partial charge in [-0.25, -0.2) is 0 Å². The normalized spacial score (nSPS) is 13.1. The summed E-state index contributed by atoms with van der Waals surface area (Å²) in [5.74, 6) is 0. The highest BCUT2D eigenvalue weighted by atomic mass is 16.3. The maximum absolute atomic E-state index is 9.62. The Hall–Kier alpha value is -1.41. The topological polar surface area (TPSA) is 33.1 Å². The number of aryl methyl sites for hydroxylation is 1. The van der Waals surface area contributed by atoms with Gasteiger partial charge in [0.25, 0.3) is 0 Å². The van der Waals surface area contributed by atoms with Crippen LogP contribution in [0.25, 0.3) is 10.9 Å². The Morgan fingerprint density at radius 3 is 2.71 bits per heavy atom. The van der Waals surface area contributed by atoms with Crippen molar-refractivity contribution in [3.8, 4) is 0 Å². The van der Waals surface area contributed by atoms with Crippen LogP contribution in [0.15, 0.2) is 30.3 Å². The molecule has 0 radical (unpaired) electrons. The van der Waals surface area contributed by atoms with Gasteiger partial charge in [-0.1, -0.05) is 18.2 Å². The molecule has 1 aromatic heterocycles. The number of aromatic nitrogens is 1. The molecule has 0 aliphatic heterocycles. The van der Waals surface area contributed by atoms with Crippen molar-refractivity contribution in [2.24, 2.45) is 0 Å². The van der Waals surface area contributed by atoms with E-state index in [9.17, 15) is 5.11 Å².